The van der Waals surface area contributed by atoms with Crippen LogP contribution in [0.2, 0.25) is 5.02 Å². The lowest BCUT2D eigenvalue weighted by atomic mass is 10.2. The molecule has 0 aliphatic rings. The van der Waals surface area contributed by atoms with Crippen molar-refractivity contribution in [2.45, 2.75) is 13.2 Å². The number of halogens is 5. The number of hydrogen-bond acceptors (Lipinski definition) is 2. The Labute approximate surface area is 133 Å². The number of hydrogen-bond donors (Lipinski definition) is 1. The van der Waals surface area contributed by atoms with E-state index in [4.69, 9.17) is 11.6 Å². The first-order valence-corrected chi connectivity index (χ1v) is 7.05. The van der Waals surface area contributed by atoms with Crippen LogP contribution in [-0.4, -0.2) is 6.61 Å². The summed E-state index contributed by atoms with van der Waals surface area (Å²) in [6.07, 6.45) is 0. The van der Waals surface area contributed by atoms with E-state index in [1.54, 1.807) is 12.1 Å². The van der Waals surface area contributed by atoms with Crippen molar-refractivity contribution in [2.75, 3.05) is 5.32 Å². The highest BCUT2D eigenvalue weighted by Crippen LogP contribution is 2.28. The number of anilines is 1. The van der Waals surface area contributed by atoms with Crippen LogP contribution in [0.25, 0.3) is 0 Å². The summed E-state index contributed by atoms with van der Waals surface area (Å²) in [4.78, 5) is 0. The highest BCUT2D eigenvalue weighted by molar-refractivity contribution is 9.10. The summed E-state index contributed by atoms with van der Waals surface area (Å²) in [6, 6.07) is 8.54. The van der Waals surface area contributed by atoms with E-state index in [1.807, 2.05) is 0 Å². The predicted molar refractivity (Wildman–Crippen MR) is 79.5 cm³/mol. The zero-order valence-electron chi connectivity index (χ0n) is 10.5. The molecule has 2 rings (SSSR count). The van der Waals surface area contributed by atoms with Gasteiger partial charge >= 0.3 is 6.61 Å². The topological polar surface area (TPSA) is 21.3 Å². The highest BCUT2D eigenvalue weighted by Gasteiger charge is 2.11. The molecule has 2 aromatic carbocycles. The summed E-state index contributed by atoms with van der Waals surface area (Å²) in [6.45, 7) is -2.76. The van der Waals surface area contributed by atoms with Crippen LogP contribution in [0, 0.1) is 5.82 Å². The van der Waals surface area contributed by atoms with Gasteiger partial charge in [0.2, 0.25) is 0 Å². The maximum atomic E-state index is 13.2. The van der Waals surface area contributed by atoms with Crippen LogP contribution in [-0.2, 0) is 6.54 Å². The van der Waals surface area contributed by atoms with E-state index >= 15 is 0 Å². The van der Waals surface area contributed by atoms with Gasteiger partial charge in [-0.15, -0.1) is 0 Å². The van der Waals surface area contributed by atoms with E-state index in [1.165, 1.54) is 24.3 Å². The number of nitrogens with one attached hydrogen (secondary N) is 1. The molecule has 7 heteroatoms. The average molecular weight is 381 g/mol. The lowest BCUT2D eigenvalue weighted by Crippen LogP contribution is -2.07. The summed E-state index contributed by atoms with van der Waals surface area (Å²) >= 11 is 9.19. The molecule has 0 aromatic heterocycles. The van der Waals surface area contributed by atoms with Gasteiger partial charge in [0.05, 0.1) is 10.7 Å². The number of rotatable bonds is 5. The fourth-order valence-electron chi connectivity index (χ4n) is 1.72. The third-order valence-corrected chi connectivity index (χ3v) is 3.46. The quantitative estimate of drug-likeness (QED) is 0.744. The van der Waals surface area contributed by atoms with Crippen molar-refractivity contribution in [1.82, 2.24) is 0 Å². The second-order valence-corrected chi connectivity index (χ2v) is 5.43. The zero-order chi connectivity index (χ0) is 15.4. The fourth-order valence-corrected chi connectivity index (χ4v) is 2.31. The first-order chi connectivity index (χ1) is 9.95. The van der Waals surface area contributed by atoms with E-state index in [0.717, 1.165) is 0 Å². The van der Waals surface area contributed by atoms with E-state index in [-0.39, 0.29) is 12.3 Å². The number of benzene rings is 2. The van der Waals surface area contributed by atoms with Gasteiger partial charge in [-0.1, -0.05) is 27.5 Å². The van der Waals surface area contributed by atoms with Crippen LogP contribution >= 0.6 is 27.5 Å². The maximum Gasteiger partial charge on any atom is 0.387 e. The van der Waals surface area contributed by atoms with Crippen LogP contribution < -0.4 is 10.1 Å². The minimum atomic E-state index is -2.91. The number of ether oxygens (including phenoxy) is 1. The summed E-state index contributed by atoms with van der Waals surface area (Å²) < 4.78 is 43.0. The molecule has 0 aliphatic carbocycles. The van der Waals surface area contributed by atoms with Crippen molar-refractivity contribution in [3.8, 4) is 5.75 Å². The van der Waals surface area contributed by atoms with Gasteiger partial charge in [0, 0.05) is 16.6 Å². The molecule has 1 N–H and O–H groups in total. The molecular weight excluding hydrogens is 371 g/mol. The molecule has 0 amide bonds. The van der Waals surface area contributed by atoms with Gasteiger partial charge < -0.3 is 10.1 Å². The van der Waals surface area contributed by atoms with Gasteiger partial charge in [0.15, 0.2) is 0 Å². The predicted octanol–water partition coefficient (Wildman–Crippen LogP) is 5.46. The third kappa shape index (κ3) is 4.54. The van der Waals surface area contributed by atoms with E-state index in [9.17, 15) is 13.2 Å². The van der Waals surface area contributed by atoms with E-state index in [2.05, 4.69) is 26.0 Å². The Balaban J connectivity index is 2.18. The highest BCUT2D eigenvalue weighted by atomic mass is 79.9. The maximum absolute atomic E-state index is 13.2. The average Bonchev–Trinajstić information content (AvgIpc) is 2.42. The fraction of sp³-hybridized carbons (Fsp3) is 0.143. The zero-order valence-corrected chi connectivity index (χ0v) is 12.9. The minimum Gasteiger partial charge on any atom is -0.434 e. The Kier molecular flexibility index (Phi) is 5.36. The van der Waals surface area contributed by atoms with Gasteiger partial charge in [-0.3, -0.25) is 0 Å². The second-order valence-electron chi connectivity index (χ2n) is 4.11. The molecule has 0 aliphatic heterocycles. The molecular formula is C14H10BrClF3NO. The first kappa shape index (κ1) is 16.0. The van der Waals surface area contributed by atoms with Gasteiger partial charge in [-0.05, 0) is 36.4 Å². The molecule has 0 atom stereocenters. The van der Waals surface area contributed by atoms with Crippen molar-refractivity contribution in [2.24, 2.45) is 0 Å². The Morgan fingerprint density at radius 1 is 1.19 bits per heavy atom. The lowest BCUT2D eigenvalue weighted by molar-refractivity contribution is -0.0504. The van der Waals surface area contributed by atoms with Gasteiger partial charge in [0.1, 0.15) is 11.6 Å². The summed E-state index contributed by atoms with van der Waals surface area (Å²) in [5.41, 5.74) is 0.865. The van der Waals surface area contributed by atoms with Crippen LogP contribution in [0.4, 0.5) is 18.9 Å². The van der Waals surface area contributed by atoms with Crippen molar-refractivity contribution in [3.63, 3.8) is 0 Å². The molecule has 0 heterocycles. The van der Waals surface area contributed by atoms with Crippen molar-refractivity contribution >= 4 is 33.2 Å². The van der Waals surface area contributed by atoms with Crippen molar-refractivity contribution in [1.29, 1.82) is 0 Å². The molecule has 2 aromatic rings. The lowest BCUT2D eigenvalue weighted by Gasteiger charge is -2.13. The third-order valence-electron chi connectivity index (χ3n) is 2.64. The molecule has 112 valence electrons. The van der Waals surface area contributed by atoms with Crippen LogP contribution in [0.3, 0.4) is 0 Å². The molecule has 0 saturated carbocycles. The Morgan fingerprint density at radius 2 is 1.95 bits per heavy atom. The summed E-state index contributed by atoms with van der Waals surface area (Å²) in [5.74, 6) is -0.395. The number of alkyl halides is 2. The van der Waals surface area contributed by atoms with Crippen LogP contribution in [0.5, 0.6) is 5.75 Å². The summed E-state index contributed by atoms with van der Waals surface area (Å²) in [7, 11) is 0. The van der Waals surface area contributed by atoms with Gasteiger partial charge in [0.25, 0.3) is 0 Å². The molecule has 0 bridgehead atoms. The summed E-state index contributed by atoms with van der Waals surface area (Å²) in [5, 5.41) is 3.23. The van der Waals surface area contributed by atoms with Crippen LogP contribution in [0.15, 0.2) is 40.9 Å². The van der Waals surface area contributed by atoms with Gasteiger partial charge in [-0.2, -0.15) is 8.78 Å². The monoisotopic (exact) mass is 379 g/mol. The molecule has 2 nitrogen and oxygen atoms in total. The van der Waals surface area contributed by atoms with Crippen molar-refractivity contribution in [3.05, 3.63) is 57.3 Å². The molecule has 0 saturated heterocycles. The standard InChI is InChI=1S/C14H10BrClF3NO/c15-9-1-4-13(21-14(18)19)8(5-9)7-20-12-6-10(17)2-3-11(12)16/h1-6,14,20H,7H2. The largest absolute Gasteiger partial charge is 0.434 e. The first-order valence-electron chi connectivity index (χ1n) is 5.88. The Morgan fingerprint density at radius 3 is 2.67 bits per heavy atom. The molecule has 0 spiro atoms. The minimum absolute atomic E-state index is 0.0493. The molecule has 0 fully saturated rings. The molecule has 21 heavy (non-hydrogen) atoms. The van der Waals surface area contributed by atoms with Crippen molar-refractivity contribution < 1.29 is 17.9 Å². The van der Waals surface area contributed by atoms with Gasteiger partial charge in [-0.25, -0.2) is 4.39 Å². The SMILES string of the molecule is Fc1ccc(Cl)c(NCc2cc(Br)ccc2OC(F)F)c1. The van der Waals surface area contributed by atoms with E-state index in [0.29, 0.717) is 20.7 Å². The van der Waals surface area contributed by atoms with Crippen LogP contribution in [0.1, 0.15) is 5.56 Å². The molecule has 0 radical (unpaired) electrons. The Hall–Kier alpha value is -1.40. The molecule has 0 unspecified atom stereocenters. The van der Waals surface area contributed by atoms with E-state index < -0.39 is 12.4 Å². The Bertz CT molecular complexity index is 640. The normalized spacial score (nSPS) is 10.8. The smallest absolute Gasteiger partial charge is 0.387 e. The second kappa shape index (κ2) is 7.04.